The summed E-state index contributed by atoms with van der Waals surface area (Å²) in [6.45, 7) is 5.03. The monoisotopic (exact) mass is 147 g/mol. The molecule has 3 heteroatoms. The van der Waals surface area contributed by atoms with Gasteiger partial charge in [0.2, 0.25) is 0 Å². The first kappa shape index (κ1) is 7.22. The van der Waals surface area contributed by atoms with E-state index in [0.29, 0.717) is 11.3 Å². The number of hydrogen-bond donors (Lipinski definition) is 1. The van der Waals surface area contributed by atoms with Crippen LogP contribution in [0.3, 0.4) is 0 Å². The summed E-state index contributed by atoms with van der Waals surface area (Å²) in [6, 6.07) is 0.430. The lowest BCUT2D eigenvalue weighted by atomic mass is 10.2. The second kappa shape index (κ2) is 2.80. The molecular weight excluding hydrogens is 134 g/mol. The largest absolute Gasteiger partial charge is 0.312 e. The molecule has 0 aromatic rings. The highest BCUT2D eigenvalue weighted by Gasteiger charge is 2.22. The van der Waals surface area contributed by atoms with Crippen molar-refractivity contribution in [1.82, 2.24) is 5.32 Å². The first-order chi connectivity index (χ1) is 4.22. The quantitative estimate of drug-likeness (QED) is 0.527. The Morgan fingerprint density at radius 1 is 1.56 bits per heavy atom. The van der Waals surface area contributed by atoms with Crippen molar-refractivity contribution in [2.75, 3.05) is 12.3 Å². The summed E-state index contributed by atoms with van der Waals surface area (Å²) in [7, 11) is -0.578. The summed E-state index contributed by atoms with van der Waals surface area (Å²) in [5.41, 5.74) is 0. The predicted octanol–water partition coefficient (Wildman–Crippen LogP) is 0.115. The highest BCUT2D eigenvalue weighted by molar-refractivity contribution is 7.85. The van der Waals surface area contributed by atoms with Gasteiger partial charge in [0, 0.05) is 34.4 Å². The van der Waals surface area contributed by atoms with E-state index in [1.165, 1.54) is 0 Å². The van der Waals surface area contributed by atoms with Crippen LogP contribution in [0.4, 0.5) is 0 Å². The topological polar surface area (TPSA) is 29.1 Å². The average Bonchev–Trinajstić information content (AvgIpc) is 1.83. The summed E-state index contributed by atoms with van der Waals surface area (Å²) in [6.07, 6.45) is 0. The Hall–Kier alpha value is 0.110. The average molecular weight is 147 g/mol. The van der Waals surface area contributed by atoms with Crippen molar-refractivity contribution in [3.8, 4) is 0 Å². The van der Waals surface area contributed by atoms with Crippen LogP contribution in [-0.2, 0) is 10.8 Å². The lowest BCUT2D eigenvalue weighted by Gasteiger charge is -2.25. The molecule has 1 aliphatic rings. The molecule has 1 fully saturated rings. The molecule has 0 aliphatic carbocycles. The molecule has 1 rings (SSSR count). The molecule has 1 heterocycles. The molecule has 1 saturated heterocycles. The molecule has 54 valence electrons. The zero-order valence-corrected chi connectivity index (χ0v) is 6.70. The molecule has 0 aromatic carbocycles. The Bertz CT molecular complexity index is 126. The molecule has 0 amide bonds. The lowest BCUT2D eigenvalue weighted by molar-refractivity contribution is 0.528. The van der Waals surface area contributed by atoms with Gasteiger partial charge in [0.1, 0.15) is 0 Å². The van der Waals surface area contributed by atoms with E-state index >= 15 is 0 Å². The maximum absolute atomic E-state index is 11.1. The Morgan fingerprint density at radius 3 is 2.67 bits per heavy atom. The Balaban J connectivity index is 2.51. The van der Waals surface area contributed by atoms with Gasteiger partial charge < -0.3 is 5.32 Å². The van der Waals surface area contributed by atoms with E-state index in [4.69, 9.17) is 0 Å². The van der Waals surface area contributed by atoms with Gasteiger partial charge in [0.15, 0.2) is 0 Å². The number of nitrogens with one attached hydrogen (secondary N) is 1. The molecule has 0 radical (unpaired) electrons. The summed E-state index contributed by atoms with van der Waals surface area (Å²) in [4.78, 5) is 0. The third-order valence-electron chi connectivity index (χ3n) is 1.89. The van der Waals surface area contributed by atoms with Gasteiger partial charge in [0.25, 0.3) is 0 Å². The highest BCUT2D eigenvalue weighted by Crippen LogP contribution is 2.05. The van der Waals surface area contributed by atoms with Gasteiger partial charge in [-0.3, -0.25) is 4.21 Å². The fourth-order valence-corrected chi connectivity index (χ4v) is 2.21. The van der Waals surface area contributed by atoms with Gasteiger partial charge in [-0.25, -0.2) is 0 Å². The minimum Gasteiger partial charge on any atom is -0.312 e. The van der Waals surface area contributed by atoms with E-state index in [9.17, 15) is 4.21 Å². The SMILES string of the molecule is C[C@@H]1NCC[S@](=O)[C@@H]1C. The zero-order valence-electron chi connectivity index (χ0n) is 5.89. The minimum atomic E-state index is -0.578. The smallest absolute Gasteiger partial charge is 0.0470 e. The predicted molar refractivity (Wildman–Crippen MR) is 39.9 cm³/mol. The van der Waals surface area contributed by atoms with Crippen LogP contribution in [0.15, 0.2) is 0 Å². The molecule has 0 bridgehead atoms. The molecule has 1 N–H and O–H groups in total. The van der Waals surface area contributed by atoms with Crippen LogP contribution in [0.25, 0.3) is 0 Å². The summed E-state index contributed by atoms with van der Waals surface area (Å²) in [5, 5.41) is 3.60. The van der Waals surface area contributed by atoms with Gasteiger partial charge in [0.05, 0.1) is 0 Å². The summed E-state index contributed by atoms with van der Waals surface area (Å²) < 4.78 is 11.1. The van der Waals surface area contributed by atoms with Crippen LogP contribution in [-0.4, -0.2) is 27.8 Å². The number of rotatable bonds is 0. The van der Waals surface area contributed by atoms with E-state index in [1.807, 2.05) is 6.92 Å². The van der Waals surface area contributed by atoms with Gasteiger partial charge in [-0.15, -0.1) is 0 Å². The molecule has 1 aliphatic heterocycles. The normalized spacial score (nSPS) is 44.9. The molecule has 0 unspecified atom stereocenters. The van der Waals surface area contributed by atoms with E-state index in [1.54, 1.807) is 0 Å². The molecule has 9 heavy (non-hydrogen) atoms. The Labute approximate surface area is 58.5 Å². The fraction of sp³-hybridized carbons (Fsp3) is 1.00. The fourth-order valence-electron chi connectivity index (χ4n) is 0.967. The van der Waals surface area contributed by atoms with Crippen LogP contribution in [0, 0.1) is 0 Å². The van der Waals surface area contributed by atoms with Crippen LogP contribution in [0.2, 0.25) is 0 Å². The summed E-state index contributed by atoms with van der Waals surface area (Å²) >= 11 is 0. The van der Waals surface area contributed by atoms with Gasteiger partial charge in [-0.05, 0) is 13.8 Å². The van der Waals surface area contributed by atoms with Crippen molar-refractivity contribution in [3.05, 3.63) is 0 Å². The minimum absolute atomic E-state index is 0.332. The molecule has 3 atom stereocenters. The first-order valence-electron chi connectivity index (χ1n) is 3.32. The maximum Gasteiger partial charge on any atom is 0.0470 e. The molecular formula is C6H13NOS. The van der Waals surface area contributed by atoms with Crippen molar-refractivity contribution < 1.29 is 4.21 Å². The Kier molecular flexibility index (Phi) is 2.24. The molecule has 0 aromatic heterocycles. The molecule has 0 spiro atoms. The number of hydrogen-bond acceptors (Lipinski definition) is 2. The standard InChI is InChI=1S/C6H13NOS/c1-5-6(2)9(8)4-3-7-5/h5-7H,3-4H2,1-2H3/t5-,6+,9-/m0/s1. The van der Waals surface area contributed by atoms with Gasteiger partial charge in [-0.1, -0.05) is 0 Å². The van der Waals surface area contributed by atoms with E-state index in [-0.39, 0.29) is 0 Å². The highest BCUT2D eigenvalue weighted by atomic mass is 32.2. The van der Waals surface area contributed by atoms with Crippen molar-refractivity contribution >= 4 is 10.8 Å². The lowest BCUT2D eigenvalue weighted by Crippen LogP contribution is -2.46. The van der Waals surface area contributed by atoms with E-state index in [0.717, 1.165) is 12.3 Å². The molecule has 2 nitrogen and oxygen atoms in total. The van der Waals surface area contributed by atoms with Crippen molar-refractivity contribution in [3.63, 3.8) is 0 Å². The molecule has 0 saturated carbocycles. The van der Waals surface area contributed by atoms with Crippen LogP contribution in [0.1, 0.15) is 13.8 Å². The van der Waals surface area contributed by atoms with Crippen molar-refractivity contribution in [2.45, 2.75) is 25.1 Å². The van der Waals surface area contributed by atoms with Crippen LogP contribution < -0.4 is 5.32 Å². The Morgan fingerprint density at radius 2 is 2.22 bits per heavy atom. The summed E-state index contributed by atoms with van der Waals surface area (Å²) in [5.74, 6) is 0.825. The maximum atomic E-state index is 11.1. The third kappa shape index (κ3) is 1.52. The third-order valence-corrected chi connectivity index (χ3v) is 3.73. The van der Waals surface area contributed by atoms with Crippen LogP contribution >= 0.6 is 0 Å². The zero-order chi connectivity index (χ0) is 6.85. The van der Waals surface area contributed by atoms with E-state index in [2.05, 4.69) is 12.2 Å². The first-order valence-corrected chi connectivity index (χ1v) is 4.70. The van der Waals surface area contributed by atoms with Gasteiger partial charge >= 0.3 is 0 Å². The second-order valence-electron chi connectivity index (χ2n) is 2.53. The van der Waals surface area contributed by atoms with Gasteiger partial charge in [-0.2, -0.15) is 0 Å². The van der Waals surface area contributed by atoms with Crippen molar-refractivity contribution in [1.29, 1.82) is 0 Å². The van der Waals surface area contributed by atoms with Crippen molar-refractivity contribution in [2.24, 2.45) is 0 Å². The van der Waals surface area contributed by atoms with Crippen LogP contribution in [0.5, 0.6) is 0 Å². The van der Waals surface area contributed by atoms with E-state index < -0.39 is 10.8 Å². The second-order valence-corrected chi connectivity index (χ2v) is 4.45.